The first kappa shape index (κ1) is 14.4. The summed E-state index contributed by atoms with van der Waals surface area (Å²) in [6.45, 7) is 11.5. The third-order valence-corrected chi connectivity index (χ3v) is 7.35. The summed E-state index contributed by atoms with van der Waals surface area (Å²) in [4.78, 5) is 10.2. The fourth-order valence-corrected chi connectivity index (χ4v) is 1.84. The molecule has 0 rings (SSSR count). The van der Waals surface area contributed by atoms with Crippen molar-refractivity contribution in [3.63, 3.8) is 0 Å². The summed E-state index contributed by atoms with van der Waals surface area (Å²) in [6.07, 6.45) is 3.46. The van der Waals surface area contributed by atoms with Crippen LogP contribution in [0.3, 0.4) is 0 Å². The molecule has 0 aliphatic rings. The molecular formula is C11H22O3Si. The first-order valence-corrected chi connectivity index (χ1v) is 8.11. The van der Waals surface area contributed by atoms with Gasteiger partial charge in [-0.3, -0.25) is 0 Å². The van der Waals surface area contributed by atoms with Gasteiger partial charge in [-0.1, -0.05) is 26.8 Å². The highest BCUT2D eigenvalue weighted by atomic mass is 28.4. The molecule has 1 N–H and O–H groups in total. The Morgan fingerprint density at radius 3 is 2.33 bits per heavy atom. The molecule has 0 aliphatic carbocycles. The van der Waals surface area contributed by atoms with Crippen molar-refractivity contribution in [2.75, 3.05) is 6.61 Å². The van der Waals surface area contributed by atoms with Crippen LogP contribution in [0, 0.1) is 0 Å². The van der Waals surface area contributed by atoms with Crippen molar-refractivity contribution in [1.29, 1.82) is 0 Å². The monoisotopic (exact) mass is 230 g/mol. The largest absolute Gasteiger partial charge is 0.478 e. The van der Waals surface area contributed by atoms with E-state index in [4.69, 9.17) is 9.53 Å². The molecule has 0 saturated heterocycles. The normalized spacial score (nSPS) is 13.4. The molecule has 0 aliphatic heterocycles. The maximum absolute atomic E-state index is 10.2. The number of hydrogen-bond donors (Lipinski definition) is 1. The summed E-state index contributed by atoms with van der Waals surface area (Å²) in [7, 11) is -1.66. The summed E-state index contributed by atoms with van der Waals surface area (Å²) >= 11 is 0. The fourth-order valence-electron chi connectivity index (χ4n) is 0.783. The molecule has 15 heavy (non-hydrogen) atoms. The van der Waals surface area contributed by atoms with E-state index in [0.29, 0.717) is 13.0 Å². The van der Waals surface area contributed by atoms with Gasteiger partial charge in [0.1, 0.15) is 0 Å². The summed E-state index contributed by atoms with van der Waals surface area (Å²) in [6, 6.07) is 0. The number of carboxylic acid groups (broad SMARTS) is 1. The SMILES string of the molecule is CC(C)(C)[Si](C)(C)OCC/C=C\C(=O)O. The van der Waals surface area contributed by atoms with E-state index in [2.05, 4.69) is 33.9 Å². The molecule has 0 spiro atoms. The van der Waals surface area contributed by atoms with Gasteiger partial charge in [0.2, 0.25) is 0 Å². The molecule has 0 unspecified atom stereocenters. The Hall–Kier alpha value is -0.613. The summed E-state index contributed by atoms with van der Waals surface area (Å²) < 4.78 is 5.87. The van der Waals surface area contributed by atoms with Crippen LogP contribution in [0.5, 0.6) is 0 Å². The summed E-state index contributed by atoms with van der Waals surface area (Å²) in [5.41, 5.74) is 0. The van der Waals surface area contributed by atoms with Crippen LogP contribution >= 0.6 is 0 Å². The predicted molar refractivity (Wildman–Crippen MR) is 64.5 cm³/mol. The third kappa shape index (κ3) is 5.74. The molecule has 0 amide bonds. The molecule has 0 saturated carbocycles. The van der Waals surface area contributed by atoms with Crippen LogP contribution in [-0.2, 0) is 9.22 Å². The first-order valence-electron chi connectivity index (χ1n) is 5.20. The molecular weight excluding hydrogens is 208 g/mol. The maximum atomic E-state index is 10.2. The van der Waals surface area contributed by atoms with Crippen molar-refractivity contribution in [3.8, 4) is 0 Å². The quantitative estimate of drug-likeness (QED) is 0.448. The van der Waals surface area contributed by atoms with Crippen LogP contribution in [0.25, 0.3) is 0 Å². The van der Waals surface area contributed by atoms with E-state index in [1.165, 1.54) is 0 Å². The van der Waals surface area contributed by atoms with Crippen molar-refractivity contribution < 1.29 is 14.3 Å². The molecule has 3 nitrogen and oxygen atoms in total. The lowest BCUT2D eigenvalue weighted by Gasteiger charge is -2.36. The third-order valence-electron chi connectivity index (χ3n) is 2.81. The van der Waals surface area contributed by atoms with Gasteiger partial charge >= 0.3 is 5.97 Å². The zero-order valence-electron chi connectivity index (χ0n) is 10.3. The van der Waals surface area contributed by atoms with Crippen LogP contribution < -0.4 is 0 Å². The van der Waals surface area contributed by atoms with E-state index >= 15 is 0 Å². The first-order chi connectivity index (χ1) is 6.67. The fraction of sp³-hybridized carbons (Fsp3) is 0.727. The number of aliphatic carboxylic acids is 1. The minimum Gasteiger partial charge on any atom is -0.478 e. The molecule has 88 valence electrons. The van der Waals surface area contributed by atoms with Crippen molar-refractivity contribution >= 4 is 14.3 Å². The second-order valence-corrected chi connectivity index (χ2v) is 9.95. The minimum absolute atomic E-state index is 0.212. The Morgan fingerprint density at radius 1 is 1.40 bits per heavy atom. The Morgan fingerprint density at radius 2 is 1.93 bits per heavy atom. The Kier molecular flexibility index (Phi) is 5.24. The van der Waals surface area contributed by atoms with Crippen molar-refractivity contribution in [2.24, 2.45) is 0 Å². The Labute approximate surface area is 93.3 Å². The van der Waals surface area contributed by atoms with Gasteiger partial charge in [-0.05, 0) is 24.6 Å². The van der Waals surface area contributed by atoms with Gasteiger partial charge in [-0.25, -0.2) is 4.79 Å². The Bertz CT molecular complexity index is 239. The number of carboxylic acids is 1. The van der Waals surface area contributed by atoms with Gasteiger partial charge in [0.25, 0.3) is 0 Å². The van der Waals surface area contributed by atoms with E-state index in [0.717, 1.165) is 6.08 Å². The van der Waals surface area contributed by atoms with Gasteiger partial charge in [-0.15, -0.1) is 0 Å². The smallest absolute Gasteiger partial charge is 0.327 e. The molecule has 4 heteroatoms. The highest BCUT2D eigenvalue weighted by Crippen LogP contribution is 2.36. The lowest BCUT2D eigenvalue weighted by molar-refractivity contribution is -0.131. The van der Waals surface area contributed by atoms with Gasteiger partial charge in [0, 0.05) is 12.7 Å². The number of hydrogen-bond acceptors (Lipinski definition) is 2. The van der Waals surface area contributed by atoms with Crippen LogP contribution in [0.1, 0.15) is 27.2 Å². The van der Waals surface area contributed by atoms with Crippen molar-refractivity contribution in [1.82, 2.24) is 0 Å². The van der Waals surface area contributed by atoms with Crippen molar-refractivity contribution in [2.45, 2.75) is 45.3 Å². The topological polar surface area (TPSA) is 46.5 Å². The zero-order chi connectivity index (χ0) is 12.1. The average molecular weight is 230 g/mol. The molecule has 0 aromatic heterocycles. The summed E-state index contributed by atoms with van der Waals surface area (Å²) in [5.74, 6) is -0.901. The van der Waals surface area contributed by atoms with Gasteiger partial charge in [0.15, 0.2) is 8.32 Å². The molecule has 0 aromatic carbocycles. The number of carbonyl (C=O) groups is 1. The molecule has 0 aromatic rings. The van der Waals surface area contributed by atoms with E-state index in [1.807, 2.05) is 0 Å². The van der Waals surface area contributed by atoms with Crippen LogP contribution in [0.4, 0.5) is 0 Å². The van der Waals surface area contributed by atoms with Crippen LogP contribution in [0.15, 0.2) is 12.2 Å². The second kappa shape index (κ2) is 5.46. The van der Waals surface area contributed by atoms with Crippen LogP contribution in [-0.4, -0.2) is 26.0 Å². The van der Waals surface area contributed by atoms with Gasteiger partial charge in [-0.2, -0.15) is 0 Å². The highest BCUT2D eigenvalue weighted by Gasteiger charge is 2.36. The van der Waals surface area contributed by atoms with Gasteiger partial charge in [0.05, 0.1) is 0 Å². The predicted octanol–water partition coefficient (Wildman–Crippen LogP) is 3.04. The molecule has 0 atom stereocenters. The molecule has 0 radical (unpaired) electrons. The standard InChI is InChI=1S/C11H22O3Si/c1-11(2,3)15(4,5)14-9-7-6-8-10(12)13/h6,8H,7,9H2,1-5H3,(H,12,13)/b8-6-. The van der Waals surface area contributed by atoms with Gasteiger partial charge < -0.3 is 9.53 Å². The Balaban J connectivity index is 3.91. The zero-order valence-corrected chi connectivity index (χ0v) is 11.3. The summed E-state index contributed by atoms with van der Waals surface area (Å²) in [5, 5.41) is 8.59. The highest BCUT2D eigenvalue weighted by molar-refractivity contribution is 6.74. The van der Waals surface area contributed by atoms with Crippen LogP contribution in [0.2, 0.25) is 18.1 Å². The maximum Gasteiger partial charge on any atom is 0.327 e. The van der Waals surface area contributed by atoms with E-state index in [9.17, 15) is 4.79 Å². The number of rotatable bonds is 5. The van der Waals surface area contributed by atoms with E-state index in [-0.39, 0.29) is 5.04 Å². The lowest BCUT2D eigenvalue weighted by Crippen LogP contribution is -2.40. The molecule has 0 bridgehead atoms. The minimum atomic E-state index is -1.66. The second-order valence-electron chi connectivity index (χ2n) is 5.14. The lowest BCUT2D eigenvalue weighted by atomic mass is 10.2. The van der Waals surface area contributed by atoms with E-state index in [1.54, 1.807) is 6.08 Å². The molecule has 0 heterocycles. The molecule has 0 fully saturated rings. The van der Waals surface area contributed by atoms with Crippen molar-refractivity contribution in [3.05, 3.63) is 12.2 Å². The van der Waals surface area contributed by atoms with E-state index < -0.39 is 14.3 Å². The average Bonchev–Trinajstić information content (AvgIpc) is 2.00.